The summed E-state index contributed by atoms with van der Waals surface area (Å²) in [6.07, 6.45) is 5.68. The van der Waals surface area contributed by atoms with E-state index in [1.54, 1.807) is 6.07 Å². The van der Waals surface area contributed by atoms with Crippen LogP contribution in [-0.4, -0.2) is 84.5 Å². The van der Waals surface area contributed by atoms with E-state index in [4.69, 9.17) is 32.9 Å². The fourth-order valence-electron chi connectivity index (χ4n) is 7.01. The lowest BCUT2D eigenvalue weighted by Gasteiger charge is -2.45. The van der Waals surface area contributed by atoms with Gasteiger partial charge in [-0.3, -0.25) is 4.79 Å². The van der Waals surface area contributed by atoms with E-state index >= 15 is 0 Å². The third-order valence-electron chi connectivity index (χ3n) is 9.40. The number of aliphatic imine (C=N–C) groups is 1. The Balaban J connectivity index is 1.43. The van der Waals surface area contributed by atoms with Gasteiger partial charge in [0.15, 0.2) is 5.83 Å². The van der Waals surface area contributed by atoms with Crippen LogP contribution in [0.3, 0.4) is 0 Å². The number of ether oxygens (including phenoxy) is 1. The number of rotatable bonds is 6. The summed E-state index contributed by atoms with van der Waals surface area (Å²) in [6.45, 7) is 5.01. The zero-order valence-corrected chi connectivity index (χ0v) is 27.2. The molecular formula is C35H32Cl2F2N6O2. The van der Waals surface area contributed by atoms with Crippen molar-refractivity contribution in [3.8, 4) is 12.1 Å². The van der Waals surface area contributed by atoms with E-state index in [1.807, 2.05) is 42.3 Å². The van der Waals surface area contributed by atoms with Crippen LogP contribution in [0.25, 0.3) is 16.3 Å². The molecule has 1 amide bonds. The zero-order valence-electron chi connectivity index (χ0n) is 25.7. The first-order chi connectivity index (χ1) is 22.6. The van der Waals surface area contributed by atoms with E-state index in [2.05, 4.69) is 23.6 Å². The fraction of sp³-hybridized carbons (Fsp3) is 0.371. The Morgan fingerprint density at radius 3 is 2.66 bits per heavy atom. The molecule has 0 aromatic heterocycles. The number of likely N-dealkylation sites (N-methyl/N-ethyl adjacent to an activating group) is 1. The van der Waals surface area contributed by atoms with Gasteiger partial charge >= 0.3 is 0 Å². The number of benzene rings is 2. The molecule has 6 rings (SSSR count). The Morgan fingerprint density at radius 2 is 1.96 bits per heavy atom. The molecule has 2 unspecified atom stereocenters. The molecule has 2 saturated heterocycles. The van der Waals surface area contributed by atoms with Gasteiger partial charge in [-0.15, -0.1) is 0 Å². The van der Waals surface area contributed by atoms with Crippen molar-refractivity contribution in [2.24, 2.45) is 10.9 Å². The Hall–Kier alpha value is -4.22. The number of fused-ring (bicyclic) bond motifs is 2. The SMILES string of the molecule is C=C(F)C(=O)N1CCN(C2=C(C#N)C(OC[C@@H]3CCCN3C)=NC3C=C(c4cccc5ccc(F)c(Cl)c45)C(Cl)=CC23)C[C@@H]1CC#N. The van der Waals surface area contributed by atoms with Gasteiger partial charge in [-0.1, -0.05) is 60.1 Å². The van der Waals surface area contributed by atoms with E-state index in [9.17, 15) is 24.1 Å². The van der Waals surface area contributed by atoms with Crippen LogP contribution < -0.4 is 0 Å². The molecule has 3 aliphatic heterocycles. The number of likely N-dealkylation sites (tertiary alicyclic amines) is 1. The number of piperazine rings is 1. The standard InChI is InChI=1S/C35H32Cl2F2N6O2/c1-20(38)35(46)45-14-13-44(18-22(45)10-11-40)33-26-15-28(36)25(24-7-3-5-21-8-9-29(39)32(37)31(21)24)16-30(26)42-34(27(33)17-41)47-19-23-6-4-12-43(23)2/h3,5,7-9,15-16,22-23,26,30H,1,4,6,10,12-14,18-19H2,2H3/t22-,23-,26?,30?/m0/s1. The van der Waals surface area contributed by atoms with E-state index in [-0.39, 0.29) is 48.6 Å². The topological polar surface area (TPSA) is 96.0 Å². The summed E-state index contributed by atoms with van der Waals surface area (Å²) in [6, 6.07) is 11.9. The van der Waals surface area contributed by atoms with Crippen molar-refractivity contribution in [3.63, 3.8) is 0 Å². The molecule has 12 heteroatoms. The number of carbonyl (C=O) groups is 1. The molecule has 4 aliphatic rings. The minimum Gasteiger partial charge on any atom is -0.475 e. The van der Waals surface area contributed by atoms with Crippen molar-refractivity contribution in [3.05, 3.63) is 87.6 Å². The first kappa shape index (κ1) is 32.7. The third kappa shape index (κ3) is 6.14. The second kappa shape index (κ2) is 13.5. The first-order valence-electron chi connectivity index (χ1n) is 15.4. The molecule has 242 valence electrons. The summed E-state index contributed by atoms with van der Waals surface area (Å²) in [4.78, 5) is 23.0. The van der Waals surface area contributed by atoms with E-state index in [0.717, 1.165) is 24.8 Å². The molecule has 1 aliphatic carbocycles. The molecule has 0 bridgehead atoms. The first-order valence-corrected chi connectivity index (χ1v) is 16.2. The van der Waals surface area contributed by atoms with Crippen LogP contribution in [0, 0.1) is 34.4 Å². The summed E-state index contributed by atoms with van der Waals surface area (Å²) in [5.41, 5.74) is 2.10. The highest BCUT2D eigenvalue weighted by atomic mass is 35.5. The van der Waals surface area contributed by atoms with Crippen LogP contribution in [-0.2, 0) is 9.53 Å². The normalized spacial score (nSPS) is 24.6. The number of dihydropyridines is 1. The summed E-state index contributed by atoms with van der Waals surface area (Å²) in [5.74, 6) is -2.80. The maximum atomic E-state index is 14.6. The summed E-state index contributed by atoms with van der Waals surface area (Å²) < 4.78 is 34.9. The maximum absolute atomic E-state index is 14.6. The fourth-order valence-corrected chi connectivity index (χ4v) is 7.59. The summed E-state index contributed by atoms with van der Waals surface area (Å²) in [7, 11) is 2.04. The van der Waals surface area contributed by atoms with E-state index < -0.39 is 35.6 Å². The second-order valence-corrected chi connectivity index (χ2v) is 12.9. The van der Waals surface area contributed by atoms with E-state index in [1.165, 1.54) is 11.0 Å². The van der Waals surface area contributed by atoms with Crippen molar-refractivity contribution >= 4 is 51.4 Å². The largest absolute Gasteiger partial charge is 0.475 e. The number of halogens is 4. The van der Waals surface area contributed by atoms with Crippen molar-refractivity contribution in [1.29, 1.82) is 10.5 Å². The Bertz CT molecular complexity index is 1860. The highest BCUT2D eigenvalue weighted by Gasteiger charge is 2.42. The highest BCUT2D eigenvalue weighted by molar-refractivity contribution is 6.40. The van der Waals surface area contributed by atoms with Gasteiger partial charge < -0.3 is 19.4 Å². The number of nitrogens with zero attached hydrogens (tertiary/aromatic N) is 6. The lowest BCUT2D eigenvalue weighted by molar-refractivity contribution is -0.133. The van der Waals surface area contributed by atoms with Gasteiger partial charge in [0, 0.05) is 47.7 Å². The molecule has 0 saturated carbocycles. The molecule has 47 heavy (non-hydrogen) atoms. The third-order valence-corrected chi connectivity index (χ3v) is 10.1. The Morgan fingerprint density at radius 1 is 1.15 bits per heavy atom. The predicted molar refractivity (Wildman–Crippen MR) is 177 cm³/mol. The minimum absolute atomic E-state index is 0.0123. The molecule has 0 spiro atoms. The number of carbonyl (C=O) groups excluding carboxylic acids is 1. The molecule has 3 heterocycles. The number of allylic oxidation sites excluding steroid dienone is 2. The molecule has 0 N–H and O–H groups in total. The van der Waals surface area contributed by atoms with Gasteiger partial charge in [0.25, 0.3) is 5.91 Å². The lowest BCUT2D eigenvalue weighted by atomic mass is 9.82. The molecule has 2 aromatic rings. The molecule has 0 radical (unpaired) electrons. The van der Waals surface area contributed by atoms with Crippen molar-refractivity contribution in [1.82, 2.24) is 14.7 Å². The average Bonchev–Trinajstić information content (AvgIpc) is 3.48. The van der Waals surface area contributed by atoms with Crippen molar-refractivity contribution in [2.75, 3.05) is 39.8 Å². The number of hydrogen-bond donors (Lipinski definition) is 0. The number of amides is 1. The second-order valence-electron chi connectivity index (χ2n) is 12.1. The molecular weight excluding hydrogens is 645 g/mol. The zero-order chi connectivity index (χ0) is 33.4. The molecule has 8 nitrogen and oxygen atoms in total. The number of hydrogen-bond acceptors (Lipinski definition) is 7. The van der Waals surface area contributed by atoms with Crippen LogP contribution in [0.5, 0.6) is 0 Å². The maximum Gasteiger partial charge on any atom is 0.282 e. The van der Waals surface area contributed by atoms with Gasteiger partial charge in [0.1, 0.15) is 24.1 Å². The van der Waals surface area contributed by atoms with Crippen LogP contribution in [0.15, 0.2) is 76.2 Å². The smallest absolute Gasteiger partial charge is 0.282 e. The van der Waals surface area contributed by atoms with Crippen molar-refractivity contribution in [2.45, 2.75) is 37.4 Å². The molecule has 4 atom stereocenters. The summed E-state index contributed by atoms with van der Waals surface area (Å²) in [5, 5.41) is 21.7. The van der Waals surface area contributed by atoms with Gasteiger partial charge in [-0.25, -0.2) is 13.8 Å². The summed E-state index contributed by atoms with van der Waals surface area (Å²) >= 11 is 13.5. The highest BCUT2D eigenvalue weighted by Crippen LogP contribution is 2.44. The van der Waals surface area contributed by atoms with Gasteiger partial charge in [0.05, 0.1) is 29.6 Å². The Labute approximate surface area is 282 Å². The minimum atomic E-state index is -1.09. The van der Waals surface area contributed by atoms with Gasteiger partial charge in [-0.05, 0) is 55.1 Å². The van der Waals surface area contributed by atoms with Crippen LogP contribution in [0.1, 0.15) is 24.8 Å². The van der Waals surface area contributed by atoms with Crippen LogP contribution in [0.4, 0.5) is 8.78 Å². The van der Waals surface area contributed by atoms with Crippen molar-refractivity contribution < 1.29 is 18.3 Å². The monoisotopic (exact) mass is 676 g/mol. The number of nitriles is 2. The van der Waals surface area contributed by atoms with Gasteiger partial charge in [0.2, 0.25) is 5.90 Å². The quantitative estimate of drug-likeness (QED) is 0.331. The Kier molecular flexibility index (Phi) is 9.39. The lowest BCUT2D eigenvalue weighted by Crippen LogP contribution is -2.56. The predicted octanol–water partition coefficient (Wildman–Crippen LogP) is 6.35. The van der Waals surface area contributed by atoms with Gasteiger partial charge in [-0.2, -0.15) is 10.5 Å². The van der Waals surface area contributed by atoms with Crippen LogP contribution >= 0.6 is 23.2 Å². The average molecular weight is 678 g/mol. The van der Waals surface area contributed by atoms with Crippen LogP contribution in [0.2, 0.25) is 5.02 Å². The molecule has 2 fully saturated rings. The van der Waals surface area contributed by atoms with E-state index in [0.29, 0.717) is 33.9 Å². The molecule has 2 aromatic carbocycles.